The molecule has 0 aliphatic heterocycles. The molecular weight excluding hydrogens is 506 g/mol. The monoisotopic (exact) mass is 522 g/mol. The van der Waals surface area contributed by atoms with Crippen LogP contribution in [0.1, 0.15) is 16.7 Å². The lowest BCUT2D eigenvalue weighted by Crippen LogP contribution is -2.20. The zero-order valence-corrected chi connectivity index (χ0v) is 20.9. The van der Waals surface area contributed by atoms with Crippen molar-refractivity contribution in [1.29, 1.82) is 0 Å². The predicted molar refractivity (Wildman–Crippen MR) is 134 cm³/mol. The van der Waals surface area contributed by atoms with E-state index in [1.807, 2.05) is 25.1 Å². The molecule has 4 aromatic rings. The molecule has 0 bridgehead atoms. The van der Waals surface area contributed by atoms with E-state index in [1.165, 1.54) is 0 Å². The second-order valence-electron chi connectivity index (χ2n) is 7.54. The third-order valence-electron chi connectivity index (χ3n) is 5.09. The molecule has 33 heavy (non-hydrogen) atoms. The van der Waals surface area contributed by atoms with E-state index < -0.39 is 5.91 Å². The molecule has 0 saturated heterocycles. The number of nitrogens with one attached hydrogen (secondary N) is 1. The first-order chi connectivity index (χ1) is 15.7. The van der Waals surface area contributed by atoms with Crippen molar-refractivity contribution in [3.05, 3.63) is 73.2 Å². The Hall–Kier alpha value is -2.44. The maximum Gasteiger partial charge on any atom is 0.262 e. The molecule has 1 aromatic heterocycles. The van der Waals surface area contributed by atoms with Gasteiger partial charge in [0.15, 0.2) is 17.9 Å². The largest absolute Gasteiger partial charge is 0.481 e. The number of ether oxygens (including phenoxy) is 1. The summed E-state index contributed by atoms with van der Waals surface area (Å²) < 4.78 is 11.5. The molecule has 0 radical (unpaired) electrons. The van der Waals surface area contributed by atoms with Crippen LogP contribution in [0.15, 0.2) is 40.8 Å². The summed E-state index contributed by atoms with van der Waals surface area (Å²) in [5.74, 6) is 0.166. The van der Waals surface area contributed by atoms with Crippen molar-refractivity contribution in [1.82, 2.24) is 4.98 Å². The number of oxazole rings is 1. The van der Waals surface area contributed by atoms with Crippen LogP contribution >= 0.6 is 46.4 Å². The minimum absolute atomic E-state index is 0.214. The molecule has 0 unspecified atom stereocenters. The molecule has 1 heterocycles. The molecule has 0 aliphatic carbocycles. The predicted octanol–water partition coefficient (Wildman–Crippen LogP) is 8.05. The number of benzene rings is 3. The smallest absolute Gasteiger partial charge is 0.262 e. The van der Waals surface area contributed by atoms with Crippen LogP contribution in [-0.4, -0.2) is 17.5 Å². The average molecular weight is 524 g/mol. The van der Waals surface area contributed by atoms with E-state index >= 15 is 0 Å². The number of aromatic nitrogens is 1. The van der Waals surface area contributed by atoms with E-state index in [2.05, 4.69) is 10.3 Å². The van der Waals surface area contributed by atoms with Crippen LogP contribution in [0.3, 0.4) is 0 Å². The third kappa shape index (κ3) is 4.78. The number of carbonyl (C=O) groups excluding carboxylic acids is 1. The fourth-order valence-electron chi connectivity index (χ4n) is 3.29. The molecule has 0 atom stereocenters. The number of fused-ring (bicyclic) bond motifs is 1. The van der Waals surface area contributed by atoms with Crippen molar-refractivity contribution in [2.75, 3.05) is 11.9 Å². The van der Waals surface area contributed by atoms with Crippen LogP contribution in [0.2, 0.25) is 20.1 Å². The topological polar surface area (TPSA) is 64.4 Å². The Balaban J connectivity index is 1.53. The van der Waals surface area contributed by atoms with Gasteiger partial charge >= 0.3 is 0 Å². The molecule has 0 spiro atoms. The van der Waals surface area contributed by atoms with Crippen molar-refractivity contribution in [3.8, 4) is 17.2 Å². The Morgan fingerprint density at radius 2 is 1.67 bits per heavy atom. The van der Waals surface area contributed by atoms with E-state index in [-0.39, 0.29) is 22.4 Å². The first-order valence-electron chi connectivity index (χ1n) is 9.89. The average Bonchev–Trinajstić information content (AvgIpc) is 3.20. The van der Waals surface area contributed by atoms with Crippen LogP contribution in [0.25, 0.3) is 22.6 Å². The van der Waals surface area contributed by atoms with Crippen molar-refractivity contribution in [2.45, 2.75) is 20.8 Å². The minimum Gasteiger partial charge on any atom is -0.481 e. The van der Waals surface area contributed by atoms with Gasteiger partial charge in [0, 0.05) is 10.7 Å². The van der Waals surface area contributed by atoms with Crippen LogP contribution in [0.5, 0.6) is 5.75 Å². The fourth-order valence-corrected chi connectivity index (χ4v) is 4.31. The summed E-state index contributed by atoms with van der Waals surface area (Å²) in [5.41, 5.74) is 4.76. The fraction of sp³-hybridized carbons (Fsp3) is 0.167. The van der Waals surface area contributed by atoms with E-state index in [9.17, 15) is 4.79 Å². The molecule has 4 rings (SSSR count). The second-order valence-corrected chi connectivity index (χ2v) is 9.08. The van der Waals surface area contributed by atoms with Crippen molar-refractivity contribution in [3.63, 3.8) is 0 Å². The normalized spacial score (nSPS) is 11.1. The van der Waals surface area contributed by atoms with Gasteiger partial charge in [-0.2, -0.15) is 0 Å². The lowest BCUT2D eigenvalue weighted by molar-refractivity contribution is -0.118. The number of hydrogen-bond donors (Lipinski definition) is 1. The van der Waals surface area contributed by atoms with E-state index in [1.54, 1.807) is 32.0 Å². The maximum absolute atomic E-state index is 12.5. The number of halogens is 4. The van der Waals surface area contributed by atoms with Gasteiger partial charge in [0.1, 0.15) is 5.52 Å². The molecular formula is C24H18Cl4N2O3. The highest BCUT2D eigenvalue weighted by Crippen LogP contribution is 2.42. The third-order valence-corrected chi connectivity index (χ3v) is 6.89. The molecule has 1 amide bonds. The van der Waals surface area contributed by atoms with E-state index in [0.29, 0.717) is 43.9 Å². The van der Waals surface area contributed by atoms with Gasteiger partial charge in [-0.25, -0.2) is 4.98 Å². The van der Waals surface area contributed by atoms with E-state index in [0.717, 1.165) is 11.1 Å². The number of nitrogens with zero attached hydrogens (tertiary/aromatic N) is 1. The second kappa shape index (κ2) is 9.43. The highest BCUT2D eigenvalue weighted by molar-refractivity contribution is 6.42. The molecule has 9 heteroatoms. The lowest BCUT2D eigenvalue weighted by atomic mass is 10.1. The van der Waals surface area contributed by atoms with Crippen molar-refractivity contribution < 1.29 is 13.9 Å². The van der Waals surface area contributed by atoms with Crippen molar-refractivity contribution in [2.24, 2.45) is 0 Å². The number of anilines is 1. The Labute approximate surface area is 210 Å². The highest BCUT2D eigenvalue weighted by atomic mass is 35.5. The summed E-state index contributed by atoms with van der Waals surface area (Å²) in [6.45, 7) is 5.17. The Morgan fingerprint density at radius 1 is 0.970 bits per heavy atom. The van der Waals surface area contributed by atoms with Gasteiger partial charge in [-0.15, -0.1) is 0 Å². The SMILES string of the molecule is Cc1ccc2nc(-c3cc(NC(=O)COc4c(Cl)c(C)c(Cl)c(C)c4Cl)ccc3Cl)oc2c1. The summed E-state index contributed by atoms with van der Waals surface area (Å²) in [4.78, 5) is 17.0. The highest BCUT2D eigenvalue weighted by Gasteiger charge is 2.19. The van der Waals surface area contributed by atoms with Gasteiger partial charge in [-0.1, -0.05) is 52.5 Å². The van der Waals surface area contributed by atoms with Gasteiger partial charge < -0.3 is 14.5 Å². The number of amides is 1. The van der Waals surface area contributed by atoms with Crippen molar-refractivity contribution >= 4 is 69.1 Å². The molecule has 1 N–H and O–H groups in total. The lowest BCUT2D eigenvalue weighted by Gasteiger charge is -2.15. The summed E-state index contributed by atoms with van der Waals surface area (Å²) >= 11 is 25.2. The minimum atomic E-state index is -0.408. The number of carbonyl (C=O) groups is 1. The van der Waals surface area contributed by atoms with Crippen LogP contribution in [0, 0.1) is 20.8 Å². The standard InChI is InChI=1S/C24H18Cl4N2O3/c1-11-4-7-17-18(8-11)33-24(30-17)15-9-14(5-6-16(15)25)29-19(31)10-32-23-21(27)12(2)20(26)13(3)22(23)28/h4-9H,10H2,1-3H3,(H,29,31). The molecule has 0 saturated carbocycles. The Kier molecular flexibility index (Phi) is 6.78. The van der Waals surface area contributed by atoms with E-state index in [4.69, 9.17) is 55.6 Å². The molecule has 0 fully saturated rings. The molecule has 0 aliphatic rings. The Bertz CT molecular complexity index is 1370. The number of hydrogen-bond acceptors (Lipinski definition) is 4. The number of rotatable bonds is 5. The first-order valence-corrected chi connectivity index (χ1v) is 11.4. The van der Waals surface area contributed by atoms with Gasteiger partial charge in [0.05, 0.1) is 20.6 Å². The molecule has 5 nitrogen and oxygen atoms in total. The maximum atomic E-state index is 12.5. The summed E-state index contributed by atoms with van der Waals surface area (Å²) in [6.07, 6.45) is 0. The van der Waals surface area contributed by atoms with Crippen LogP contribution in [0.4, 0.5) is 5.69 Å². The van der Waals surface area contributed by atoms with Crippen LogP contribution in [-0.2, 0) is 4.79 Å². The number of aryl methyl sites for hydroxylation is 1. The van der Waals surface area contributed by atoms with Crippen LogP contribution < -0.4 is 10.1 Å². The molecule has 170 valence electrons. The molecule has 3 aromatic carbocycles. The van der Waals surface area contributed by atoms with Gasteiger partial charge in [-0.3, -0.25) is 4.79 Å². The van der Waals surface area contributed by atoms with Gasteiger partial charge in [0.2, 0.25) is 5.89 Å². The first kappa shape index (κ1) is 23.7. The quantitative estimate of drug-likeness (QED) is 0.287. The zero-order chi connectivity index (χ0) is 23.9. The van der Waals surface area contributed by atoms with Gasteiger partial charge in [-0.05, 0) is 67.8 Å². The summed E-state index contributed by atoms with van der Waals surface area (Å²) in [5, 5.41) is 4.21. The summed E-state index contributed by atoms with van der Waals surface area (Å²) in [6, 6.07) is 10.8. The zero-order valence-electron chi connectivity index (χ0n) is 17.9. The summed E-state index contributed by atoms with van der Waals surface area (Å²) in [7, 11) is 0. The van der Waals surface area contributed by atoms with Gasteiger partial charge in [0.25, 0.3) is 5.91 Å². The Morgan fingerprint density at radius 3 is 2.36 bits per heavy atom.